The van der Waals surface area contributed by atoms with Crippen LogP contribution in [0.25, 0.3) is 0 Å². The molecule has 1 aliphatic heterocycles. The topological polar surface area (TPSA) is 104 Å². The molecular weight excluding hydrogens is 192 g/mol. The molecule has 1 rings (SSSR count). The Bertz CT molecular complexity index is 250. The lowest BCUT2D eigenvalue weighted by Gasteiger charge is -2.18. The van der Waals surface area contributed by atoms with Crippen LogP contribution in [0, 0.1) is 0 Å². The maximum absolute atomic E-state index is 11.0. The molecule has 80 valence electrons. The van der Waals surface area contributed by atoms with E-state index in [0.29, 0.717) is 0 Å². The van der Waals surface area contributed by atoms with E-state index >= 15 is 0 Å². The van der Waals surface area contributed by atoms with Crippen LogP contribution >= 0.6 is 0 Å². The molecule has 1 heterocycles. The Morgan fingerprint density at radius 1 is 1.43 bits per heavy atom. The molecule has 6 heteroatoms. The summed E-state index contributed by atoms with van der Waals surface area (Å²) in [5.41, 5.74) is 0. The molecule has 0 aromatic heterocycles. The van der Waals surface area contributed by atoms with Crippen LogP contribution in [0.15, 0.2) is 0 Å². The predicted octanol–water partition coefficient (Wildman–Crippen LogP) is -2.37. The zero-order valence-electron chi connectivity index (χ0n) is 7.58. The molecule has 6 nitrogen and oxygen atoms in total. The van der Waals surface area contributed by atoms with Crippen molar-refractivity contribution in [3.8, 4) is 0 Å². The number of ketones is 2. The molecule has 0 spiro atoms. The van der Waals surface area contributed by atoms with Crippen LogP contribution in [0.4, 0.5) is 0 Å². The molecule has 0 amide bonds. The molecule has 0 aromatic carbocycles. The van der Waals surface area contributed by atoms with Gasteiger partial charge in [0, 0.05) is 6.92 Å². The Kier molecular flexibility index (Phi) is 3.33. The SMILES string of the molecule is CC(=O)C(=O)C(O)C1OC[C@@H](O)[C@@H]1O. The maximum Gasteiger partial charge on any atom is 0.229 e. The quantitative estimate of drug-likeness (QED) is 0.444. The minimum atomic E-state index is -1.71. The van der Waals surface area contributed by atoms with Crippen LogP contribution in [0.3, 0.4) is 0 Å². The van der Waals surface area contributed by atoms with Crippen molar-refractivity contribution in [2.75, 3.05) is 6.61 Å². The fourth-order valence-corrected chi connectivity index (χ4v) is 1.26. The second-order valence-electron chi connectivity index (χ2n) is 3.22. The summed E-state index contributed by atoms with van der Waals surface area (Å²) < 4.78 is 4.79. The molecule has 0 aromatic rings. The highest BCUT2D eigenvalue weighted by atomic mass is 16.5. The Morgan fingerprint density at radius 3 is 2.36 bits per heavy atom. The largest absolute Gasteiger partial charge is 0.388 e. The summed E-state index contributed by atoms with van der Waals surface area (Å²) in [6.07, 6.45) is -5.40. The van der Waals surface area contributed by atoms with E-state index in [0.717, 1.165) is 6.92 Å². The van der Waals surface area contributed by atoms with E-state index in [1.165, 1.54) is 0 Å². The van der Waals surface area contributed by atoms with Crippen molar-refractivity contribution < 1.29 is 29.6 Å². The van der Waals surface area contributed by atoms with Gasteiger partial charge in [-0.15, -0.1) is 0 Å². The second-order valence-corrected chi connectivity index (χ2v) is 3.22. The Morgan fingerprint density at radius 2 is 2.00 bits per heavy atom. The van der Waals surface area contributed by atoms with Gasteiger partial charge < -0.3 is 20.1 Å². The molecular formula is C8H12O6. The zero-order valence-corrected chi connectivity index (χ0v) is 7.58. The fourth-order valence-electron chi connectivity index (χ4n) is 1.26. The summed E-state index contributed by atoms with van der Waals surface area (Å²) in [7, 11) is 0. The van der Waals surface area contributed by atoms with Gasteiger partial charge in [0.1, 0.15) is 24.4 Å². The molecule has 0 bridgehead atoms. The minimum absolute atomic E-state index is 0.159. The highest BCUT2D eigenvalue weighted by Gasteiger charge is 2.42. The Balaban J connectivity index is 2.66. The van der Waals surface area contributed by atoms with Gasteiger partial charge in [-0.1, -0.05) is 0 Å². The first-order chi connectivity index (χ1) is 6.45. The summed E-state index contributed by atoms with van der Waals surface area (Å²) in [6, 6.07) is 0. The monoisotopic (exact) mass is 204 g/mol. The average Bonchev–Trinajstić information content (AvgIpc) is 2.45. The van der Waals surface area contributed by atoms with E-state index in [2.05, 4.69) is 0 Å². The van der Waals surface area contributed by atoms with Crippen molar-refractivity contribution in [3.63, 3.8) is 0 Å². The van der Waals surface area contributed by atoms with Crippen LogP contribution in [0.2, 0.25) is 0 Å². The number of carbonyl (C=O) groups excluding carboxylic acids is 2. The van der Waals surface area contributed by atoms with E-state index in [1.54, 1.807) is 0 Å². The molecule has 0 aliphatic carbocycles. The standard InChI is InChI=1S/C8H12O6/c1-3(9)5(11)7(13)8-6(12)4(10)2-14-8/h4,6-8,10,12-13H,2H2,1H3/t4-,6+,7?,8?/m1/s1. The summed E-state index contributed by atoms with van der Waals surface area (Å²) in [5, 5.41) is 27.6. The highest BCUT2D eigenvalue weighted by Crippen LogP contribution is 2.18. The third-order valence-corrected chi connectivity index (χ3v) is 2.12. The number of hydrogen-bond donors (Lipinski definition) is 3. The van der Waals surface area contributed by atoms with Gasteiger partial charge in [0.15, 0.2) is 5.78 Å². The molecule has 3 N–H and O–H groups in total. The summed E-state index contributed by atoms with van der Waals surface area (Å²) in [6.45, 7) is 0.859. The fraction of sp³-hybridized carbons (Fsp3) is 0.750. The first kappa shape index (κ1) is 11.3. The molecule has 1 saturated heterocycles. The number of carbonyl (C=O) groups is 2. The maximum atomic E-state index is 11.0. The van der Waals surface area contributed by atoms with Gasteiger partial charge in [0.2, 0.25) is 5.78 Å². The molecule has 4 atom stereocenters. The lowest BCUT2D eigenvalue weighted by Crippen LogP contribution is -2.44. The molecule has 14 heavy (non-hydrogen) atoms. The molecule has 1 fully saturated rings. The van der Waals surface area contributed by atoms with E-state index in [-0.39, 0.29) is 6.61 Å². The Labute approximate surface area is 80.1 Å². The highest BCUT2D eigenvalue weighted by molar-refractivity contribution is 6.38. The van der Waals surface area contributed by atoms with Crippen molar-refractivity contribution in [3.05, 3.63) is 0 Å². The van der Waals surface area contributed by atoms with Crippen molar-refractivity contribution >= 4 is 11.6 Å². The number of ether oxygens (including phenoxy) is 1. The van der Waals surface area contributed by atoms with Crippen LogP contribution in [0.5, 0.6) is 0 Å². The predicted molar refractivity (Wildman–Crippen MR) is 43.4 cm³/mol. The van der Waals surface area contributed by atoms with Gasteiger partial charge >= 0.3 is 0 Å². The van der Waals surface area contributed by atoms with Crippen molar-refractivity contribution in [2.24, 2.45) is 0 Å². The van der Waals surface area contributed by atoms with E-state index < -0.39 is 36.0 Å². The van der Waals surface area contributed by atoms with Gasteiger partial charge in [-0.05, 0) is 0 Å². The van der Waals surface area contributed by atoms with Crippen molar-refractivity contribution in [1.82, 2.24) is 0 Å². The van der Waals surface area contributed by atoms with Crippen molar-refractivity contribution in [1.29, 1.82) is 0 Å². The van der Waals surface area contributed by atoms with E-state index in [9.17, 15) is 19.8 Å². The van der Waals surface area contributed by atoms with E-state index in [1.807, 2.05) is 0 Å². The van der Waals surface area contributed by atoms with Crippen molar-refractivity contribution in [2.45, 2.75) is 31.3 Å². The molecule has 0 radical (unpaired) electrons. The lowest BCUT2D eigenvalue weighted by atomic mass is 10.0. The number of aliphatic hydroxyl groups excluding tert-OH is 3. The number of hydrogen-bond acceptors (Lipinski definition) is 6. The normalized spacial score (nSPS) is 34.1. The van der Waals surface area contributed by atoms with Gasteiger partial charge in [-0.25, -0.2) is 0 Å². The summed E-state index contributed by atoms with van der Waals surface area (Å²) in [5.74, 6) is -1.84. The number of Topliss-reactive ketones (excluding diaryl/α,β-unsaturated/α-hetero) is 2. The average molecular weight is 204 g/mol. The zero-order chi connectivity index (χ0) is 10.9. The lowest BCUT2D eigenvalue weighted by molar-refractivity contribution is -0.147. The smallest absolute Gasteiger partial charge is 0.229 e. The van der Waals surface area contributed by atoms with Gasteiger partial charge in [-0.2, -0.15) is 0 Å². The van der Waals surface area contributed by atoms with Crippen LogP contribution in [0.1, 0.15) is 6.92 Å². The second kappa shape index (κ2) is 4.14. The minimum Gasteiger partial charge on any atom is -0.388 e. The molecule has 0 saturated carbocycles. The summed E-state index contributed by atoms with van der Waals surface area (Å²) >= 11 is 0. The van der Waals surface area contributed by atoms with Crippen LogP contribution < -0.4 is 0 Å². The number of aliphatic hydroxyl groups is 3. The molecule has 2 unspecified atom stereocenters. The number of rotatable bonds is 3. The van der Waals surface area contributed by atoms with Gasteiger partial charge in [0.05, 0.1) is 6.61 Å². The van der Waals surface area contributed by atoms with Gasteiger partial charge in [0.25, 0.3) is 0 Å². The first-order valence-corrected chi connectivity index (χ1v) is 4.15. The third-order valence-electron chi connectivity index (χ3n) is 2.12. The van der Waals surface area contributed by atoms with E-state index in [4.69, 9.17) is 9.84 Å². The summed E-state index contributed by atoms with van der Waals surface area (Å²) in [4.78, 5) is 21.6. The third kappa shape index (κ3) is 1.98. The van der Waals surface area contributed by atoms with Crippen LogP contribution in [-0.4, -0.2) is 57.9 Å². The van der Waals surface area contributed by atoms with Gasteiger partial charge in [-0.3, -0.25) is 9.59 Å². The van der Waals surface area contributed by atoms with Crippen LogP contribution in [-0.2, 0) is 14.3 Å². The first-order valence-electron chi connectivity index (χ1n) is 4.15. The molecule has 1 aliphatic rings. The Hall–Kier alpha value is -0.820.